The fourth-order valence-electron chi connectivity index (χ4n) is 1.75. The van der Waals surface area contributed by atoms with Gasteiger partial charge in [-0.2, -0.15) is 0 Å². The molecule has 0 aliphatic rings. The number of nitrogens with one attached hydrogen (secondary N) is 1. The first kappa shape index (κ1) is 19.5. The maximum absolute atomic E-state index is 5.45. The Bertz CT molecular complexity index is 420. The van der Waals surface area contributed by atoms with E-state index in [1.54, 1.807) is 7.05 Å². The summed E-state index contributed by atoms with van der Waals surface area (Å²) in [7, 11) is 3.84. The minimum Gasteiger partial charge on any atom is -0.454 e. The van der Waals surface area contributed by atoms with E-state index in [2.05, 4.69) is 37.7 Å². The number of hydrogen-bond donors (Lipinski definition) is 1. The van der Waals surface area contributed by atoms with Gasteiger partial charge in [-0.15, -0.1) is 30.6 Å². The van der Waals surface area contributed by atoms with E-state index in [0.717, 1.165) is 48.7 Å². The highest BCUT2D eigenvalue weighted by atomic mass is 127. The molecule has 0 aromatic carbocycles. The van der Waals surface area contributed by atoms with E-state index in [9.17, 15) is 0 Å². The van der Waals surface area contributed by atoms with Crippen LogP contribution in [0.5, 0.6) is 0 Å². The molecule has 0 aliphatic heterocycles. The van der Waals surface area contributed by atoms with Crippen molar-refractivity contribution in [3.05, 3.63) is 35.2 Å². The van der Waals surface area contributed by atoms with E-state index in [-0.39, 0.29) is 24.0 Å². The van der Waals surface area contributed by atoms with Gasteiger partial charge < -0.3 is 14.6 Å². The molecule has 20 heavy (non-hydrogen) atoms. The standard InChI is InChI=1S/C14H22BrN3O.HI/c1-4-5-6-11-18(3)14(16-2)17-10-9-12-7-8-13(15)19-12;/h4,7-8H,1,5-6,9-11H2,2-3H3,(H,16,17);1H. The van der Waals surface area contributed by atoms with Crippen LogP contribution in [0.25, 0.3) is 0 Å². The van der Waals surface area contributed by atoms with Crippen LogP contribution in [-0.2, 0) is 6.42 Å². The Morgan fingerprint density at radius 2 is 2.30 bits per heavy atom. The lowest BCUT2D eigenvalue weighted by Gasteiger charge is -2.21. The van der Waals surface area contributed by atoms with E-state index in [1.165, 1.54) is 0 Å². The van der Waals surface area contributed by atoms with Crippen LogP contribution in [-0.4, -0.2) is 38.0 Å². The normalized spacial score (nSPS) is 10.8. The van der Waals surface area contributed by atoms with Gasteiger partial charge in [-0.3, -0.25) is 4.99 Å². The minimum atomic E-state index is 0. The SMILES string of the molecule is C=CCCCN(C)C(=NC)NCCc1ccc(Br)o1.I. The van der Waals surface area contributed by atoms with Crippen molar-refractivity contribution in [2.24, 2.45) is 4.99 Å². The molecular weight excluding hydrogens is 433 g/mol. The first-order chi connectivity index (χ1) is 9.17. The molecular formula is C14H23BrIN3O. The van der Waals surface area contributed by atoms with Crippen molar-refractivity contribution in [2.45, 2.75) is 19.3 Å². The van der Waals surface area contributed by atoms with Crippen LogP contribution in [0.15, 0.2) is 38.9 Å². The van der Waals surface area contributed by atoms with Gasteiger partial charge in [0.15, 0.2) is 10.6 Å². The lowest BCUT2D eigenvalue weighted by atomic mass is 10.3. The molecule has 1 heterocycles. The lowest BCUT2D eigenvalue weighted by Crippen LogP contribution is -2.40. The fourth-order valence-corrected chi connectivity index (χ4v) is 2.09. The zero-order valence-corrected chi connectivity index (χ0v) is 16.0. The van der Waals surface area contributed by atoms with Crippen LogP contribution in [0.4, 0.5) is 0 Å². The first-order valence-corrected chi connectivity index (χ1v) is 7.23. The Kier molecular flexibility index (Phi) is 10.9. The summed E-state index contributed by atoms with van der Waals surface area (Å²) in [6.45, 7) is 5.50. The Morgan fingerprint density at radius 1 is 1.55 bits per heavy atom. The number of allylic oxidation sites excluding steroid dienone is 1. The summed E-state index contributed by atoms with van der Waals surface area (Å²) in [6.07, 6.45) is 4.90. The minimum absolute atomic E-state index is 0. The van der Waals surface area contributed by atoms with Crippen molar-refractivity contribution in [1.82, 2.24) is 10.2 Å². The molecule has 1 N–H and O–H groups in total. The summed E-state index contributed by atoms with van der Waals surface area (Å²) in [5, 5.41) is 3.33. The van der Waals surface area contributed by atoms with E-state index in [1.807, 2.05) is 25.3 Å². The van der Waals surface area contributed by atoms with Crippen LogP contribution < -0.4 is 5.32 Å². The van der Waals surface area contributed by atoms with Gasteiger partial charge in [0.05, 0.1) is 0 Å². The number of hydrogen-bond acceptors (Lipinski definition) is 2. The average Bonchev–Trinajstić information content (AvgIpc) is 2.80. The van der Waals surface area contributed by atoms with Crippen LogP contribution in [0, 0.1) is 0 Å². The Morgan fingerprint density at radius 3 is 2.85 bits per heavy atom. The zero-order valence-electron chi connectivity index (χ0n) is 12.1. The quantitative estimate of drug-likeness (QED) is 0.224. The lowest BCUT2D eigenvalue weighted by molar-refractivity contribution is 0.461. The van der Waals surface area contributed by atoms with Crippen molar-refractivity contribution >= 4 is 45.9 Å². The second kappa shape index (κ2) is 11.2. The highest BCUT2D eigenvalue weighted by Crippen LogP contribution is 2.13. The monoisotopic (exact) mass is 455 g/mol. The molecule has 0 unspecified atom stereocenters. The Labute approximate surface area is 146 Å². The van der Waals surface area contributed by atoms with Gasteiger partial charge in [-0.1, -0.05) is 6.08 Å². The molecule has 0 aliphatic carbocycles. The van der Waals surface area contributed by atoms with Crippen molar-refractivity contribution in [3.8, 4) is 0 Å². The number of halogens is 2. The smallest absolute Gasteiger partial charge is 0.193 e. The highest BCUT2D eigenvalue weighted by Gasteiger charge is 2.05. The molecule has 0 atom stereocenters. The molecule has 0 bridgehead atoms. The molecule has 6 heteroatoms. The summed E-state index contributed by atoms with van der Waals surface area (Å²) >= 11 is 3.30. The summed E-state index contributed by atoms with van der Waals surface area (Å²) in [5.74, 6) is 1.87. The largest absolute Gasteiger partial charge is 0.454 e. The summed E-state index contributed by atoms with van der Waals surface area (Å²) in [5.41, 5.74) is 0. The number of rotatable bonds is 7. The molecule has 0 fully saturated rings. The third-order valence-corrected chi connectivity index (χ3v) is 3.18. The van der Waals surface area contributed by atoms with Crippen LogP contribution in [0.1, 0.15) is 18.6 Å². The second-order valence-corrected chi connectivity index (χ2v) is 5.06. The predicted molar refractivity (Wildman–Crippen MR) is 98.9 cm³/mol. The van der Waals surface area contributed by atoms with Gasteiger partial charge in [0.1, 0.15) is 5.76 Å². The molecule has 1 rings (SSSR count). The number of aliphatic imine (C=N–C) groups is 1. The second-order valence-electron chi connectivity index (χ2n) is 4.28. The van der Waals surface area contributed by atoms with Crippen molar-refractivity contribution in [2.75, 3.05) is 27.2 Å². The third kappa shape index (κ3) is 7.33. The number of nitrogens with zero attached hydrogens (tertiary/aromatic N) is 2. The number of guanidine groups is 1. The molecule has 0 radical (unpaired) electrons. The number of unbranched alkanes of at least 4 members (excludes halogenated alkanes) is 1. The van der Waals surface area contributed by atoms with Gasteiger partial charge in [-0.05, 0) is 40.9 Å². The van der Waals surface area contributed by atoms with E-state index >= 15 is 0 Å². The molecule has 0 amide bonds. The van der Waals surface area contributed by atoms with Crippen LogP contribution in [0.2, 0.25) is 0 Å². The maximum Gasteiger partial charge on any atom is 0.193 e. The first-order valence-electron chi connectivity index (χ1n) is 6.44. The van der Waals surface area contributed by atoms with E-state index in [4.69, 9.17) is 4.42 Å². The van der Waals surface area contributed by atoms with Crippen LogP contribution >= 0.6 is 39.9 Å². The fraction of sp³-hybridized carbons (Fsp3) is 0.500. The third-order valence-electron chi connectivity index (χ3n) is 2.76. The Hall–Kier alpha value is -0.500. The van der Waals surface area contributed by atoms with Gasteiger partial charge >= 0.3 is 0 Å². The molecule has 0 saturated carbocycles. The molecule has 114 valence electrons. The van der Waals surface area contributed by atoms with Crippen molar-refractivity contribution < 1.29 is 4.42 Å². The van der Waals surface area contributed by atoms with Gasteiger partial charge in [0.25, 0.3) is 0 Å². The van der Waals surface area contributed by atoms with Gasteiger partial charge in [0, 0.05) is 33.6 Å². The van der Waals surface area contributed by atoms with E-state index in [0.29, 0.717) is 0 Å². The molecule has 1 aromatic heterocycles. The predicted octanol–water partition coefficient (Wildman–Crippen LogP) is 3.68. The maximum atomic E-state index is 5.45. The molecule has 1 aromatic rings. The summed E-state index contributed by atoms with van der Waals surface area (Å²) in [4.78, 5) is 6.40. The number of furan rings is 1. The average molecular weight is 456 g/mol. The van der Waals surface area contributed by atoms with Crippen molar-refractivity contribution in [1.29, 1.82) is 0 Å². The van der Waals surface area contributed by atoms with Crippen molar-refractivity contribution in [3.63, 3.8) is 0 Å². The summed E-state index contributed by atoms with van der Waals surface area (Å²) in [6, 6.07) is 3.88. The van der Waals surface area contributed by atoms with Gasteiger partial charge in [-0.25, -0.2) is 0 Å². The zero-order chi connectivity index (χ0) is 14.1. The molecule has 0 spiro atoms. The highest BCUT2D eigenvalue weighted by molar-refractivity contribution is 14.0. The molecule has 4 nitrogen and oxygen atoms in total. The topological polar surface area (TPSA) is 40.8 Å². The van der Waals surface area contributed by atoms with E-state index < -0.39 is 0 Å². The molecule has 0 saturated heterocycles. The van der Waals surface area contributed by atoms with Crippen LogP contribution in [0.3, 0.4) is 0 Å². The summed E-state index contributed by atoms with van der Waals surface area (Å²) < 4.78 is 6.22. The Balaban J connectivity index is 0.00000361. The van der Waals surface area contributed by atoms with Gasteiger partial charge in [0.2, 0.25) is 0 Å².